The zero-order valence-electron chi connectivity index (χ0n) is 14.3. The summed E-state index contributed by atoms with van der Waals surface area (Å²) in [6, 6.07) is 18.7. The Morgan fingerprint density at radius 1 is 1.04 bits per heavy atom. The maximum absolute atomic E-state index is 11.3. The molecule has 0 bridgehead atoms. The third-order valence-corrected chi connectivity index (χ3v) is 4.36. The van der Waals surface area contributed by atoms with Crippen molar-refractivity contribution in [1.82, 2.24) is 4.98 Å². The van der Waals surface area contributed by atoms with Gasteiger partial charge in [-0.2, -0.15) is 0 Å². The van der Waals surface area contributed by atoms with Crippen molar-refractivity contribution >= 4 is 21.9 Å². The lowest BCUT2D eigenvalue weighted by Gasteiger charge is -2.15. The normalized spacial score (nSPS) is 10.5. The van der Waals surface area contributed by atoms with Crippen molar-refractivity contribution in [2.24, 2.45) is 0 Å². The summed E-state index contributed by atoms with van der Waals surface area (Å²) in [5, 5.41) is 9.23. The van der Waals surface area contributed by atoms with Gasteiger partial charge in [-0.05, 0) is 42.3 Å². The molecule has 0 spiro atoms. The molecule has 3 aromatic rings. The smallest absolute Gasteiger partial charge is 0.354 e. The van der Waals surface area contributed by atoms with Crippen LogP contribution in [0.15, 0.2) is 65.1 Å². The average Bonchev–Trinajstić information content (AvgIpc) is 2.67. The van der Waals surface area contributed by atoms with Crippen molar-refractivity contribution < 1.29 is 14.6 Å². The molecule has 0 aliphatic carbocycles. The van der Waals surface area contributed by atoms with Crippen LogP contribution in [0.1, 0.15) is 23.8 Å². The molecule has 0 saturated carbocycles. The standard InChI is InChI=1S/C21H18BrNO3/c1-2-12-26-20-11-10-14(22)13-17(20)15-6-3-4-7-16(15)18-8-5-9-19(23-18)21(24)25/h3-11,13H,2,12H2,1H3,(H,24,25). The number of aromatic nitrogens is 1. The first kappa shape index (κ1) is 18.1. The maximum Gasteiger partial charge on any atom is 0.354 e. The Balaban J connectivity index is 2.15. The van der Waals surface area contributed by atoms with Gasteiger partial charge in [0.2, 0.25) is 0 Å². The third-order valence-electron chi connectivity index (χ3n) is 3.86. The predicted octanol–water partition coefficient (Wildman–Crippen LogP) is 5.67. The van der Waals surface area contributed by atoms with E-state index in [1.165, 1.54) is 6.07 Å². The second-order valence-electron chi connectivity index (χ2n) is 5.75. The highest BCUT2D eigenvalue weighted by molar-refractivity contribution is 9.10. The first-order valence-corrected chi connectivity index (χ1v) is 9.12. The van der Waals surface area contributed by atoms with Gasteiger partial charge in [-0.3, -0.25) is 0 Å². The number of nitrogens with zero attached hydrogens (tertiary/aromatic N) is 1. The van der Waals surface area contributed by atoms with E-state index < -0.39 is 5.97 Å². The highest BCUT2D eigenvalue weighted by Gasteiger charge is 2.14. The number of ether oxygens (including phenoxy) is 1. The summed E-state index contributed by atoms with van der Waals surface area (Å²) in [5.41, 5.74) is 3.37. The average molecular weight is 412 g/mol. The first-order chi connectivity index (χ1) is 12.6. The Morgan fingerprint density at radius 2 is 1.81 bits per heavy atom. The molecule has 1 heterocycles. The van der Waals surface area contributed by atoms with E-state index in [0.717, 1.165) is 33.3 Å². The molecule has 1 aromatic heterocycles. The molecule has 0 fully saturated rings. The molecule has 3 rings (SSSR count). The minimum absolute atomic E-state index is 0.0222. The second kappa shape index (κ2) is 8.15. The number of hydrogen-bond donors (Lipinski definition) is 1. The largest absolute Gasteiger partial charge is 0.493 e. The number of pyridine rings is 1. The van der Waals surface area contributed by atoms with Crippen molar-refractivity contribution in [1.29, 1.82) is 0 Å². The molecule has 0 saturated heterocycles. The predicted molar refractivity (Wildman–Crippen MR) is 106 cm³/mol. The van der Waals surface area contributed by atoms with Crippen molar-refractivity contribution in [3.63, 3.8) is 0 Å². The monoisotopic (exact) mass is 411 g/mol. The number of benzene rings is 2. The van der Waals surface area contributed by atoms with Crippen molar-refractivity contribution in [2.45, 2.75) is 13.3 Å². The molecule has 0 unspecified atom stereocenters. The molecule has 0 aliphatic heterocycles. The third kappa shape index (κ3) is 3.94. The number of carbonyl (C=O) groups is 1. The topological polar surface area (TPSA) is 59.4 Å². The molecule has 26 heavy (non-hydrogen) atoms. The number of hydrogen-bond acceptors (Lipinski definition) is 3. The molecule has 0 aliphatic rings. The van der Waals surface area contributed by atoms with Gasteiger partial charge in [0.05, 0.1) is 12.3 Å². The van der Waals surface area contributed by atoms with Crippen molar-refractivity contribution in [3.8, 4) is 28.1 Å². The molecule has 132 valence electrons. The Labute approximate surface area is 160 Å². The number of carboxylic acids is 1. The number of rotatable bonds is 6. The Bertz CT molecular complexity index is 940. The lowest BCUT2D eigenvalue weighted by molar-refractivity contribution is 0.0690. The van der Waals surface area contributed by atoms with Gasteiger partial charge in [-0.25, -0.2) is 9.78 Å². The number of aromatic carboxylic acids is 1. The van der Waals surface area contributed by atoms with Gasteiger partial charge in [0, 0.05) is 15.6 Å². The Morgan fingerprint density at radius 3 is 2.54 bits per heavy atom. The van der Waals surface area contributed by atoms with Gasteiger partial charge in [0.15, 0.2) is 0 Å². The van der Waals surface area contributed by atoms with E-state index in [4.69, 9.17) is 4.74 Å². The lowest BCUT2D eigenvalue weighted by atomic mass is 9.96. The fourth-order valence-corrected chi connectivity index (χ4v) is 3.06. The maximum atomic E-state index is 11.3. The van der Waals surface area contributed by atoms with Crippen LogP contribution in [0.25, 0.3) is 22.4 Å². The van der Waals surface area contributed by atoms with Crippen LogP contribution in [-0.2, 0) is 0 Å². The van der Waals surface area contributed by atoms with Crippen LogP contribution in [0.2, 0.25) is 0 Å². The fourth-order valence-electron chi connectivity index (χ4n) is 2.70. The molecule has 0 radical (unpaired) electrons. The van der Waals surface area contributed by atoms with E-state index in [9.17, 15) is 9.90 Å². The van der Waals surface area contributed by atoms with E-state index >= 15 is 0 Å². The van der Waals surface area contributed by atoms with Crippen LogP contribution in [0.4, 0.5) is 0 Å². The highest BCUT2D eigenvalue weighted by atomic mass is 79.9. The van der Waals surface area contributed by atoms with Gasteiger partial charge in [0.1, 0.15) is 11.4 Å². The first-order valence-electron chi connectivity index (χ1n) is 8.32. The zero-order valence-corrected chi connectivity index (χ0v) is 15.9. The van der Waals surface area contributed by atoms with Crippen molar-refractivity contribution in [2.75, 3.05) is 6.61 Å². The van der Waals surface area contributed by atoms with Gasteiger partial charge in [0.25, 0.3) is 0 Å². The molecular formula is C21H18BrNO3. The zero-order chi connectivity index (χ0) is 18.5. The summed E-state index contributed by atoms with van der Waals surface area (Å²) in [5.74, 6) is -0.254. The molecular weight excluding hydrogens is 394 g/mol. The quantitative estimate of drug-likeness (QED) is 0.567. The van der Waals surface area contributed by atoms with Crippen LogP contribution < -0.4 is 4.74 Å². The summed E-state index contributed by atoms with van der Waals surface area (Å²) in [6.45, 7) is 2.69. The molecule has 1 N–H and O–H groups in total. The van der Waals surface area contributed by atoms with Crippen LogP contribution in [-0.4, -0.2) is 22.7 Å². The minimum atomic E-state index is -1.04. The fraction of sp³-hybridized carbons (Fsp3) is 0.143. The van der Waals surface area contributed by atoms with Crippen LogP contribution in [0.5, 0.6) is 5.75 Å². The van der Waals surface area contributed by atoms with E-state index in [0.29, 0.717) is 12.3 Å². The summed E-state index contributed by atoms with van der Waals surface area (Å²) in [4.78, 5) is 15.6. The van der Waals surface area contributed by atoms with Gasteiger partial charge in [-0.1, -0.05) is 53.2 Å². The van der Waals surface area contributed by atoms with Gasteiger partial charge >= 0.3 is 5.97 Å². The molecule has 0 amide bonds. The van der Waals surface area contributed by atoms with Crippen molar-refractivity contribution in [3.05, 3.63) is 70.8 Å². The minimum Gasteiger partial charge on any atom is -0.493 e. The molecule has 2 aromatic carbocycles. The molecule has 5 heteroatoms. The Hall–Kier alpha value is -2.66. The summed E-state index contributed by atoms with van der Waals surface area (Å²) in [7, 11) is 0. The SMILES string of the molecule is CCCOc1ccc(Br)cc1-c1ccccc1-c1cccc(C(=O)O)n1. The summed E-state index contributed by atoms with van der Waals surface area (Å²) < 4.78 is 6.86. The number of halogens is 1. The second-order valence-corrected chi connectivity index (χ2v) is 6.66. The molecule has 4 nitrogen and oxygen atoms in total. The van der Waals surface area contributed by atoms with E-state index in [-0.39, 0.29) is 5.69 Å². The number of carboxylic acid groups (broad SMARTS) is 1. The lowest BCUT2D eigenvalue weighted by Crippen LogP contribution is -2.01. The van der Waals surface area contributed by atoms with Crippen LogP contribution in [0.3, 0.4) is 0 Å². The van der Waals surface area contributed by atoms with E-state index in [1.54, 1.807) is 6.07 Å². The van der Waals surface area contributed by atoms with Crippen LogP contribution >= 0.6 is 15.9 Å². The summed E-state index contributed by atoms with van der Waals surface area (Å²) >= 11 is 3.52. The van der Waals surface area contributed by atoms with E-state index in [2.05, 4.69) is 27.8 Å². The summed E-state index contributed by atoms with van der Waals surface area (Å²) in [6.07, 6.45) is 0.916. The van der Waals surface area contributed by atoms with Gasteiger partial charge in [-0.15, -0.1) is 0 Å². The van der Waals surface area contributed by atoms with E-state index in [1.807, 2.05) is 48.5 Å². The molecule has 0 atom stereocenters. The Kier molecular flexibility index (Phi) is 5.68. The van der Waals surface area contributed by atoms with Gasteiger partial charge < -0.3 is 9.84 Å². The van der Waals surface area contributed by atoms with Crippen LogP contribution in [0, 0.1) is 0 Å². The highest BCUT2D eigenvalue weighted by Crippen LogP contribution is 2.38.